The van der Waals surface area contributed by atoms with Crippen LogP contribution in [0, 0.1) is 6.92 Å². The van der Waals surface area contributed by atoms with E-state index in [0.717, 1.165) is 33.7 Å². The summed E-state index contributed by atoms with van der Waals surface area (Å²) in [7, 11) is 3.03. The van der Waals surface area contributed by atoms with Crippen LogP contribution in [0.1, 0.15) is 65.2 Å². The predicted molar refractivity (Wildman–Crippen MR) is 120 cm³/mol. The van der Waals surface area contributed by atoms with Crippen LogP contribution in [-0.4, -0.2) is 26.0 Å². The molecule has 1 aliphatic heterocycles. The number of ether oxygens (including phenoxy) is 2. The summed E-state index contributed by atoms with van der Waals surface area (Å²) in [4.78, 5) is 26.4. The topological polar surface area (TPSA) is 64.6 Å². The zero-order chi connectivity index (χ0) is 22.4. The number of methoxy groups -OCH3 is 2. The minimum absolute atomic E-state index is 0.0571. The normalized spacial score (nSPS) is 17.5. The molecular formula is C26H27NO4. The third-order valence-corrected chi connectivity index (χ3v) is 6.21. The Labute approximate surface area is 182 Å². The van der Waals surface area contributed by atoms with E-state index in [-0.39, 0.29) is 11.7 Å². The Kier molecular flexibility index (Phi) is 5.21. The van der Waals surface area contributed by atoms with Crippen molar-refractivity contribution in [3.8, 4) is 5.75 Å². The first-order valence-corrected chi connectivity index (χ1v) is 10.4. The van der Waals surface area contributed by atoms with Crippen LogP contribution in [0.5, 0.6) is 5.75 Å². The zero-order valence-corrected chi connectivity index (χ0v) is 18.8. The number of rotatable bonds is 4. The summed E-state index contributed by atoms with van der Waals surface area (Å²) in [6, 6.07) is 11.6. The van der Waals surface area contributed by atoms with E-state index in [2.05, 4.69) is 25.2 Å². The molecule has 0 radical (unpaired) electrons. The van der Waals surface area contributed by atoms with Gasteiger partial charge in [0.15, 0.2) is 5.78 Å². The highest BCUT2D eigenvalue weighted by molar-refractivity contribution is 6.23. The van der Waals surface area contributed by atoms with E-state index in [4.69, 9.17) is 9.47 Å². The molecule has 5 heteroatoms. The van der Waals surface area contributed by atoms with Gasteiger partial charge >= 0.3 is 5.97 Å². The lowest BCUT2D eigenvalue weighted by atomic mass is 9.77. The molecule has 1 N–H and O–H groups in total. The first-order chi connectivity index (χ1) is 14.8. The first-order valence-electron chi connectivity index (χ1n) is 10.4. The number of nitrogens with one attached hydrogen (secondary N) is 1. The standard InChI is InChI=1S/C26H27NO4/c1-13(2)18-12-19(14(3)11-20(18)30-5)22-21(26(29)31-6)15(4)27-24-16-9-7-8-10-17(16)25(28)23(22)24/h7-13,22,27H,1-6H3/t22-/m0/s1. The van der Waals surface area contributed by atoms with E-state index < -0.39 is 11.9 Å². The quantitative estimate of drug-likeness (QED) is 0.719. The van der Waals surface area contributed by atoms with Gasteiger partial charge in [-0.1, -0.05) is 44.2 Å². The molecule has 0 amide bonds. The van der Waals surface area contributed by atoms with Crippen molar-refractivity contribution in [3.63, 3.8) is 0 Å². The molecule has 0 unspecified atom stereocenters. The fourth-order valence-corrected chi connectivity index (χ4v) is 4.68. The summed E-state index contributed by atoms with van der Waals surface area (Å²) in [6.07, 6.45) is 0. The third kappa shape index (κ3) is 3.16. The number of carbonyl (C=O) groups excluding carboxylic acids is 2. The number of fused-ring (bicyclic) bond motifs is 2. The Morgan fingerprint density at radius 3 is 2.35 bits per heavy atom. The number of hydrogen-bond donors (Lipinski definition) is 1. The highest BCUT2D eigenvalue weighted by Crippen LogP contribution is 2.48. The summed E-state index contributed by atoms with van der Waals surface area (Å²) < 4.78 is 10.7. The van der Waals surface area contributed by atoms with Crippen molar-refractivity contribution < 1.29 is 19.1 Å². The third-order valence-electron chi connectivity index (χ3n) is 6.21. The Bertz CT molecular complexity index is 1170. The number of allylic oxidation sites excluding steroid dienone is 2. The van der Waals surface area contributed by atoms with Crippen molar-refractivity contribution in [2.75, 3.05) is 14.2 Å². The van der Waals surface area contributed by atoms with Gasteiger partial charge in [0.2, 0.25) is 0 Å². The van der Waals surface area contributed by atoms with E-state index in [1.807, 2.05) is 44.2 Å². The summed E-state index contributed by atoms with van der Waals surface area (Å²) in [5.74, 6) is 0.00489. The van der Waals surface area contributed by atoms with E-state index in [1.165, 1.54) is 7.11 Å². The highest BCUT2D eigenvalue weighted by Gasteiger charge is 2.43. The second-order valence-corrected chi connectivity index (χ2v) is 8.36. The Hall–Kier alpha value is -3.34. The molecule has 0 saturated carbocycles. The molecule has 0 saturated heterocycles. The van der Waals surface area contributed by atoms with E-state index in [1.54, 1.807) is 7.11 Å². The molecule has 2 aromatic rings. The van der Waals surface area contributed by atoms with Crippen molar-refractivity contribution >= 4 is 17.4 Å². The molecule has 1 aliphatic carbocycles. The van der Waals surface area contributed by atoms with Gasteiger partial charge in [-0.2, -0.15) is 0 Å². The Balaban J connectivity index is 2.01. The largest absolute Gasteiger partial charge is 0.496 e. The van der Waals surface area contributed by atoms with E-state index in [0.29, 0.717) is 22.4 Å². The van der Waals surface area contributed by atoms with Gasteiger partial charge in [0.1, 0.15) is 5.75 Å². The van der Waals surface area contributed by atoms with Gasteiger partial charge in [0, 0.05) is 28.3 Å². The first kappa shape index (κ1) is 20.9. The van der Waals surface area contributed by atoms with Gasteiger partial charge in [0.25, 0.3) is 0 Å². The number of aryl methyl sites for hydroxylation is 1. The number of esters is 1. The van der Waals surface area contributed by atoms with Crippen LogP contribution in [0.3, 0.4) is 0 Å². The molecule has 5 nitrogen and oxygen atoms in total. The minimum atomic E-state index is -0.521. The van der Waals surface area contributed by atoms with Gasteiger partial charge in [-0.15, -0.1) is 0 Å². The van der Waals surface area contributed by atoms with Crippen molar-refractivity contribution in [1.29, 1.82) is 0 Å². The summed E-state index contributed by atoms with van der Waals surface area (Å²) in [5.41, 5.74) is 6.95. The lowest BCUT2D eigenvalue weighted by molar-refractivity contribution is -0.136. The molecule has 0 spiro atoms. The van der Waals surface area contributed by atoms with Crippen LogP contribution in [-0.2, 0) is 9.53 Å². The van der Waals surface area contributed by atoms with Crippen molar-refractivity contribution in [1.82, 2.24) is 5.32 Å². The maximum Gasteiger partial charge on any atom is 0.336 e. The van der Waals surface area contributed by atoms with Crippen LogP contribution in [0.25, 0.3) is 5.70 Å². The molecule has 160 valence electrons. The second-order valence-electron chi connectivity index (χ2n) is 8.36. The number of carbonyl (C=O) groups is 2. The van der Waals surface area contributed by atoms with Gasteiger partial charge in [-0.3, -0.25) is 4.79 Å². The number of benzene rings is 2. The monoisotopic (exact) mass is 417 g/mol. The van der Waals surface area contributed by atoms with Crippen LogP contribution in [0.4, 0.5) is 0 Å². The molecule has 1 atom stereocenters. The van der Waals surface area contributed by atoms with Gasteiger partial charge in [-0.05, 0) is 42.5 Å². The van der Waals surface area contributed by atoms with E-state index in [9.17, 15) is 9.59 Å². The predicted octanol–water partition coefficient (Wildman–Crippen LogP) is 4.87. The molecule has 2 aromatic carbocycles. The molecule has 1 heterocycles. The second kappa shape index (κ2) is 7.73. The fraction of sp³-hybridized carbons (Fsp3) is 0.308. The van der Waals surface area contributed by atoms with Crippen LogP contribution >= 0.6 is 0 Å². The smallest absolute Gasteiger partial charge is 0.336 e. The average Bonchev–Trinajstić information content (AvgIpc) is 3.04. The molecule has 31 heavy (non-hydrogen) atoms. The minimum Gasteiger partial charge on any atom is -0.496 e. The lowest BCUT2D eigenvalue weighted by Crippen LogP contribution is -2.29. The number of Topliss-reactive ketones (excluding diaryl/α,β-unsaturated/α-hetero) is 1. The molecule has 0 aromatic heterocycles. The van der Waals surface area contributed by atoms with Crippen molar-refractivity contribution in [2.24, 2.45) is 0 Å². The molecule has 2 aliphatic rings. The lowest BCUT2D eigenvalue weighted by Gasteiger charge is -2.30. The zero-order valence-electron chi connectivity index (χ0n) is 18.8. The maximum absolute atomic E-state index is 13.5. The Morgan fingerprint density at radius 1 is 1.06 bits per heavy atom. The van der Waals surface area contributed by atoms with Crippen LogP contribution in [0.15, 0.2) is 53.2 Å². The average molecular weight is 418 g/mol. The highest BCUT2D eigenvalue weighted by atomic mass is 16.5. The number of ketones is 1. The maximum atomic E-state index is 13.5. The molecule has 0 fully saturated rings. The molecule has 4 rings (SSSR count). The summed E-state index contributed by atoms with van der Waals surface area (Å²) in [5, 5.41) is 3.32. The summed E-state index contributed by atoms with van der Waals surface area (Å²) >= 11 is 0. The number of dihydropyridines is 1. The molecule has 0 bridgehead atoms. The molecular weight excluding hydrogens is 390 g/mol. The van der Waals surface area contributed by atoms with Crippen molar-refractivity contribution in [3.05, 3.63) is 81.1 Å². The van der Waals surface area contributed by atoms with E-state index >= 15 is 0 Å². The summed E-state index contributed by atoms with van der Waals surface area (Å²) in [6.45, 7) is 8.05. The van der Waals surface area contributed by atoms with Crippen molar-refractivity contribution in [2.45, 2.75) is 39.5 Å². The van der Waals surface area contributed by atoms with Gasteiger partial charge in [0.05, 0.1) is 25.5 Å². The SMILES string of the molecule is COC(=O)C1=C(C)NC2=C(C(=O)c3ccccc32)[C@H]1c1cc(C(C)C)c(OC)cc1C. The van der Waals surface area contributed by atoms with Gasteiger partial charge in [-0.25, -0.2) is 4.79 Å². The van der Waals surface area contributed by atoms with Crippen LogP contribution in [0.2, 0.25) is 0 Å². The number of hydrogen-bond acceptors (Lipinski definition) is 5. The van der Waals surface area contributed by atoms with Crippen LogP contribution < -0.4 is 10.1 Å². The Morgan fingerprint density at radius 2 is 1.74 bits per heavy atom. The van der Waals surface area contributed by atoms with Gasteiger partial charge < -0.3 is 14.8 Å². The fourth-order valence-electron chi connectivity index (χ4n) is 4.68.